The lowest BCUT2D eigenvalue weighted by atomic mass is 10.2. The van der Waals surface area contributed by atoms with Gasteiger partial charge >= 0.3 is 0 Å². The number of carbonyl (C=O) groups is 3. The summed E-state index contributed by atoms with van der Waals surface area (Å²) >= 11 is 1.32. The fourth-order valence-corrected chi connectivity index (χ4v) is 3.69. The predicted molar refractivity (Wildman–Crippen MR) is 104 cm³/mol. The highest BCUT2D eigenvalue weighted by atomic mass is 32.2. The molecule has 1 heterocycles. The summed E-state index contributed by atoms with van der Waals surface area (Å²) < 4.78 is 10.2. The number of benzene rings is 2. The monoisotopic (exact) mass is 401 g/mol. The number of carbonyl (C=O) groups excluding carboxylic acids is 3. The number of hydrogen-bond acceptors (Lipinski definition) is 6. The van der Waals surface area contributed by atoms with E-state index in [2.05, 4.69) is 16.2 Å². The fourth-order valence-electron chi connectivity index (χ4n) is 2.58. The van der Waals surface area contributed by atoms with Gasteiger partial charge in [-0.2, -0.15) is 0 Å². The molecule has 1 atom stereocenters. The summed E-state index contributed by atoms with van der Waals surface area (Å²) in [5.74, 6) is -0.357. The lowest BCUT2D eigenvalue weighted by Gasteiger charge is -2.23. The molecule has 146 valence electrons. The molecule has 0 saturated heterocycles. The first kappa shape index (κ1) is 19.6. The topological polar surface area (TPSA) is 106 Å². The van der Waals surface area contributed by atoms with E-state index < -0.39 is 17.1 Å². The Labute approximate surface area is 165 Å². The number of amides is 3. The number of rotatable bonds is 5. The molecule has 0 spiro atoms. The molecular formula is C19H19N3O5S. The molecule has 3 amide bonds. The molecule has 8 nitrogen and oxygen atoms in total. The second kappa shape index (κ2) is 8.66. The van der Waals surface area contributed by atoms with E-state index >= 15 is 0 Å². The second-order valence-corrected chi connectivity index (χ2v) is 7.14. The van der Waals surface area contributed by atoms with Crippen LogP contribution < -0.4 is 25.6 Å². The third-order valence-corrected chi connectivity index (χ3v) is 5.28. The Morgan fingerprint density at radius 3 is 2.43 bits per heavy atom. The highest BCUT2D eigenvalue weighted by Crippen LogP contribution is 2.36. The quantitative estimate of drug-likeness (QED) is 0.662. The van der Waals surface area contributed by atoms with Gasteiger partial charge < -0.3 is 14.8 Å². The molecule has 0 unspecified atom stereocenters. The molecule has 0 aliphatic carbocycles. The van der Waals surface area contributed by atoms with Gasteiger partial charge in [-0.05, 0) is 24.3 Å². The first-order chi connectivity index (χ1) is 13.5. The third kappa shape index (κ3) is 4.55. The minimum absolute atomic E-state index is 0.0768. The van der Waals surface area contributed by atoms with Gasteiger partial charge in [-0.15, -0.1) is 11.8 Å². The smallest absolute Gasteiger partial charge is 0.269 e. The lowest BCUT2D eigenvalue weighted by Crippen LogP contribution is -2.44. The first-order valence-electron chi connectivity index (χ1n) is 8.39. The van der Waals surface area contributed by atoms with Crippen molar-refractivity contribution in [1.82, 2.24) is 10.9 Å². The van der Waals surface area contributed by atoms with E-state index in [-0.39, 0.29) is 17.9 Å². The van der Waals surface area contributed by atoms with Crippen molar-refractivity contribution in [3.63, 3.8) is 0 Å². The van der Waals surface area contributed by atoms with Crippen molar-refractivity contribution >= 4 is 35.2 Å². The van der Waals surface area contributed by atoms with Gasteiger partial charge in [0.05, 0.1) is 25.2 Å². The zero-order chi connectivity index (χ0) is 20.1. The molecule has 9 heteroatoms. The average Bonchev–Trinajstić information content (AvgIpc) is 2.72. The Bertz CT molecular complexity index is 896. The number of anilines is 1. The Morgan fingerprint density at radius 2 is 1.75 bits per heavy atom. The number of fused-ring (bicyclic) bond motifs is 1. The minimum atomic E-state index is -0.580. The van der Waals surface area contributed by atoms with Crippen LogP contribution in [0.3, 0.4) is 0 Å². The number of thioether (sulfide) groups is 1. The van der Waals surface area contributed by atoms with E-state index in [0.29, 0.717) is 11.5 Å². The molecule has 0 saturated carbocycles. The van der Waals surface area contributed by atoms with Crippen LogP contribution >= 0.6 is 11.8 Å². The molecule has 1 aliphatic rings. The molecule has 3 rings (SSSR count). The van der Waals surface area contributed by atoms with Gasteiger partial charge in [0.2, 0.25) is 11.8 Å². The lowest BCUT2D eigenvalue weighted by molar-refractivity contribution is -0.124. The van der Waals surface area contributed by atoms with Gasteiger partial charge in [0.15, 0.2) is 0 Å². The largest absolute Gasteiger partial charge is 0.497 e. The Morgan fingerprint density at radius 1 is 1.07 bits per heavy atom. The molecule has 2 aromatic carbocycles. The van der Waals surface area contributed by atoms with Crippen LogP contribution in [0.4, 0.5) is 5.69 Å². The van der Waals surface area contributed by atoms with Crippen LogP contribution in [-0.4, -0.2) is 37.2 Å². The maximum absolute atomic E-state index is 12.3. The van der Waals surface area contributed by atoms with Crippen LogP contribution in [0.5, 0.6) is 11.5 Å². The Kier molecular flexibility index (Phi) is 6.05. The van der Waals surface area contributed by atoms with Gasteiger partial charge in [0.25, 0.3) is 5.91 Å². The summed E-state index contributed by atoms with van der Waals surface area (Å²) in [7, 11) is 2.95. The van der Waals surface area contributed by atoms with E-state index in [1.165, 1.54) is 38.1 Å². The van der Waals surface area contributed by atoms with Crippen molar-refractivity contribution in [2.45, 2.75) is 16.6 Å². The summed E-state index contributed by atoms with van der Waals surface area (Å²) in [6.45, 7) is 0. The summed E-state index contributed by atoms with van der Waals surface area (Å²) in [6, 6.07) is 12.0. The Balaban J connectivity index is 1.57. The normalized spacial score (nSPS) is 15.1. The number of methoxy groups -OCH3 is 2. The van der Waals surface area contributed by atoms with Crippen molar-refractivity contribution in [1.29, 1.82) is 0 Å². The van der Waals surface area contributed by atoms with E-state index in [1.54, 1.807) is 12.1 Å². The van der Waals surface area contributed by atoms with Gasteiger partial charge in [0.1, 0.15) is 11.5 Å². The number of hydrogen-bond donors (Lipinski definition) is 3. The van der Waals surface area contributed by atoms with Crippen LogP contribution in [-0.2, 0) is 9.59 Å². The third-order valence-electron chi connectivity index (χ3n) is 4.01. The maximum atomic E-state index is 12.3. The Hall–Kier alpha value is -3.20. The van der Waals surface area contributed by atoms with Crippen LogP contribution in [0.1, 0.15) is 16.8 Å². The SMILES string of the molecule is COc1cc(OC)cc(C(=O)NNC(=O)C[C@H]2Sc3ccccc3NC2=O)c1. The molecule has 28 heavy (non-hydrogen) atoms. The number of ether oxygens (including phenoxy) is 2. The van der Waals surface area contributed by atoms with Crippen LogP contribution in [0.15, 0.2) is 47.4 Å². The maximum Gasteiger partial charge on any atom is 0.269 e. The van der Waals surface area contributed by atoms with Crippen LogP contribution in [0, 0.1) is 0 Å². The zero-order valence-electron chi connectivity index (χ0n) is 15.3. The summed E-state index contributed by atoms with van der Waals surface area (Å²) in [6.07, 6.45) is -0.0768. The molecular weight excluding hydrogens is 382 g/mol. The molecule has 3 N–H and O–H groups in total. The zero-order valence-corrected chi connectivity index (χ0v) is 16.1. The molecule has 1 aliphatic heterocycles. The molecule has 0 fully saturated rings. The van der Waals surface area contributed by atoms with Crippen molar-refractivity contribution in [3.05, 3.63) is 48.0 Å². The first-order valence-corrected chi connectivity index (χ1v) is 9.27. The van der Waals surface area contributed by atoms with Gasteiger partial charge in [0, 0.05) is 22.9 Å². The average molecular weight is 401 g/mol. The van der Waals surface area contributed by atoms with Crippen molar-refractivity contribution in [2.24, 2.45) is 0 Å². The second-order valence-electron chi connectivity index (χ2n) is 5.90. The van der Waals surface area contributed by atoms with Gasteiger partial charge in [-0.1, -0.05) is 12.1 Å². The predicted octanol–water partition coefficient (Wildman–Crippen LogP) is 1.97. The fraction of sp³-hybridized carbons (Fsp3) is 0.211. The summed E-state index contributed by atoms with van der Waals surface area (Å²) in [5.41, 5.74) is 5.66. The number of hydrazine groups is 1. The minimum Gasteiger partial charge on any atom is -0.497 e. The number of nitrogens with one attached hydrogen (secondary N) is 3. The molecule has 0 aromatic heterocycles. The van der Waals surface area contributed by atoms with Crippen LogP contribution in [0.2, 0.25) is 0 Å². The van der Waals surface area contributed by atoms with E-state index in [0.717, 1.165) is 10.6 Å². The van der Waals surface area contributed by atoms with Crippen LogP contribution in [0.25, 0.3) is 0 Å². The van der Waals surface area contributed by atoms with Crippen molar-refractivity contribution in [2.75, 3.05) is 19.5 Å². The van der Waals surface area contributed by atoms with Crippen molar-refractivity contribution in [3.8, 4) is 11.5 Å². The highest BCUT2D eigenvalue weighted by Gasteiger charge is 2.28. The van der Waals surface area contributed by atoms with Gasteiger partial charge in [-0.25, -0.2) is 0 Å². The standard InChI is InChI=1S/C19H19N3O5S/c1-26-12-7-11(8-13(9-12)27-2)18(24)22-21-17(23)10-16-19(25)20-14-5-3-4-6-15(14)28-16/h3-9,16H,10H2,1-2H3,(H,20,25)(H,21,23)(H,22,24)/t16-/m1/s1. The highest BCUT2D eigenvalue weighted by molar-refractivity contribution is 8.01. The molecule has 0 radical (unpaired) electrons. The molecule has 0 bridgehead atoms. The number of para-hydroxylation sites is 1. The summed E-state index contributed by atoms with van der Waals surface area (Å²) in [5, 5.41) is 2.20. The van der Waals surface area contributed by atoms with E-state index in [1.807, 2.05) is 18.2 Å². The van der Waals surface area contributed by atoms with E-state index in [9.17, 15) is 14.4 Å². The van der Waals surface area contributed by atoms with E-state index in [4.69, 9.17) is 9.47 Å². The van der Waals surface area contributed by atoms with Gasteiger partial charge in [-0.3, -0.25) is 25.2 Å². The summed E-state index contributed by atoms with van der Waals surface area (Å²) in [4.78, 5) is 37.5. The molecule has 2 aromatic rings. The van der Waals surface area contributed by atoms with Crippen molar-refractivity contribution < 1.29 is 23.9 Å².